The van der Waals surface area contributed by atoms with Crippen molar-refractivity contribution in [3.05, 3.63) is 96.2 Å². The molecule has 0 heterocycles. The van der Waals surface area contributed by atoms with Gasteiger partial charge in [-0.2, -0.15) is 10.5 Å². The fourth-order valence-corrected chi connectivity index (χ4v) is 4.30. The highest BCUT2D eigenvalue weighted by atomic mass is 14.5. The number of hydrogen-bond acceptors (Lipinski definition) is 3. The number of hydrogen-bond donors (Lipinski definition) is 1. The number of nitrogens with two attached hydrogens (primary N) is 1. The summed E-state index contributed by atoms with van der Waals surface area (Å²) in [6.07, 6.45) is 11.0. The number of benzene rings is 4. The van der Waals surface area contributed by atoms with Crippen LogP contribution in [0.2, 0.25) is 0 Å². The van der Waals surface area contributed by atoms with Gasteiger partial charge < -0.3 is 5.73 Å². The van der Waals surface area contributed by atoms with Crippen LogP contribution in [0.3, 0.4) is 0 Å². The lowest BCUT2D eigenvalue weighted by Crippen LogP contribution is -1.92. The van der Waals surface area contributed by atoms with Crippen LogP contribution < -0.4 is 5.73 Å². The molecule has 4 aromatic carbocycles. The van der Waals surface area contributed by atoms with Crippen molar-refractivity contribution in [1.82, 2.24) is 0 Å². The Bertz CT molecular complexity index is 1480. The Morgan fingerprint density at radius 1 is 0.839 bits per heavy atom. The molecule has 0 saturated heterocycles. The van der Waals surface area contributed by atoms with Crippen molar-refractivity contribution in [2.24, 2.45) is 5.73 Å². The highest BCUT2D eigenvalue weighted by molar-refractivity contribution is 6.26. The maximum absolute atomic E-state index is 9.05. The first kappa shape index (κ1) is 20.0. The summed E-state index contributed by atoms with van der Waals surface area (Å²) in [5.74, 6) is 0. The lowest BCUT2D eigenvalue weighted by Gasteiger charge is -2.17. The van der Waals surface area contributed by atoms with Crippen molar-refractivity contribution in [3.63, 3.8) is 0 Å². The summed E-state index contributed by atoms with van der Waals surface area (Å²) >= 11 is 0. The maximum Gasteiger partial charge on any atom is 0.0912 e. The van der Waals surface area contributed by atoms with Crippen LogP contribution in [0.4, 0.5) is 0 Å². The van der Waals surface area contributed by atoms with Crippen molar-refractivity contribution in [3.8, 4) is 12.1 Å². The van der Waals surface area contributed by atoms with Crippen LogP contribution in [-0.2, 0) is 0 Å². The van der Waals surface area contributed by atoms with E-state index >= 15 is 0 Å². The molecule has 2 N–H and O–H groups in total. The van der Waals surface area contributed by atoms with Crippen LogP contribution in [0.5, 0.6) is 0 Å². The fourth-order valence-electron chi connectivity index (χ4n) is 4.30. The van der Waals surface area contributed by atoms with E-state index in [4.69, 9.17) is 16.3 Å². The number of rotatable bonds is 5. The zero-order valence-electron chi connectivity index (χ0n) is 17.3. The summed E-state index contributed by atoms with van der Waals surface area (Å²) in [6, 6.07) is 21.3. The van der Waals surface area contributed by atoms with Crippen LogP contribution in [-0.4, -0.2) is 0 Å². The van der Waals surface area contributed by atoms with Crippen molar-refractivity contribution in [2.45, 2.75) is 13.3 Å². The molecule has 0 amide bonds. The lowest BCUT2D eigenvalue weighted by molar-refractivity contribution is 1.35. The summed E-state index contributed by atoms with van der Waals surface area (Å²) < 4.78 is 0. The molecule has 148 valence electrons. The third-order valence-electron chi connectivity index (χ3n) is 5.62. The van der Waals surface area contributed by atoms with E-state index in [9.17, 15) is 0 Å². The van der Waals surface area contributed by atoms with E-state index in [1.54, 1.807) is 0 Å². The number of allylic oxidation sites excluding steroid dienone is 7. The molecule has 0 bridgehead atoms. The minimum absolute atomic E-state index is 0.321. The van der Waals surface area contributed by atoms with Crippen LogP contribution >= 0.6 is 0 Å². The van der Waals surface area contributed by atoms with E-state index in [-0.39, 0.29) is 0 Å². The molecule has 0 fully saturated rings. The molecule has 0 aromatic heterocycles. The Labute approximate surface area is 181 Å². The fraction of sp³-hybridized carbons (Fsp3) is 0.0714. The third-order valence-corrected chi connectivity index (χ3v) is 5.62. The molecule has 0 spiro atoms. The normalized spacial score (nSPS) is 13.0. The monoisotopic (exact) mass is 399 g/mol. The molecule has 0 radical (unpaired) electrons. The van der Waals surface area contributed by atoms with E-state index in [0.717, 1.165) is 33.0 Å². The molecule has 4 aromatic rings. The van der Waals surface area contributed by atoms with Gasteiger partial charge in [0.15, 0.2) is 0 Å². The largest absolute Gasteiger partial charge is 0.405 e. The molecule has 0 atom stereocenters. The number of nitriles is 2. The average molecular weight is 399 g/mol. The van der Waals surface area contributed by atoms with Crippen molar-refractivity contribution < 1.29 is 0 Å². The highest BCUT2D eigenvalue weighted by Crippen LogP contribution is 2.40. The summed E-state index contributed by atoms with van der Waals surface area (Å²) in [5.41, 5.74) is 9.80. The quantitative estimate of drug-likeness (QED) is 0.227. The summed E-state index contributed by atoms with van der Waals surface area (Å²) in [7, 11) is 0. The van der Waals surface area contributed by atoms with Gasteiger partial charge in [0.2, 0.25) is 0 Å². The van der Waals surface area contributed by atoms with Gasteiger partial charge in [-0.3, -0.25) is 0 Å². The smallest absolute Gasteiger partial charge is 0.0912 e. The molecule has 3 heteroatoms. The molecule has 0 unspecified atom stereocenters. The standard InChI is InChI=1S/C28H21N3/c1-2-19(5-3-16-29)23-11-7-21-10-14-26-24(20(15-18-31)6-4-17-30)12-8-22-9-13-25(23)27(21)28(22)26/h2-3,5-15,18H,4,31H2,1H3/b5-3-,18-15-,19-2+,20-6+. The molecule has 0 saturated carbocycles. The van der Waals surface area contributed by atoms with E-state index in [1.165, 1.54) is 33.8 Å². The minimum atomic E-state index is 0.321. The Morgan fingerprint density at radius 3 is 1.94 bits per heavy atom. The van der Waals surface area contributed by atoms with Crippen molar-refractivity contribution in [2.75, 3.05) is 0 Å². The molecular formula is C28H21N3. The van der Waals surface area contributed by atoms with Gasteiger partial charge in [-0.25, -0.2) is 0 Å². The zero-order valence-corrected chi connectivity index (χ0v) is 17.3. The predicted octanol–water partition coefficient (Wildman–Crippen LogP) is 6.84. The minimum Gasteiger partial charge on any atom is -0.405 e. The lowest BCUT2D eigenvalue weighted by atomic mass is 9.87. The zero-order chi connectivity index (χ0) is 21.8. The second-order valence-corrected chi connectivity index (χ2v) is 7.24. The second kappa shape index (κ2) is 8.57. The molecular weight excluding hydrogens is 378 g/mol. The molecule has 0 aliphatic heterocycles. The van der Waals surface area contributed by atoms with Gasteiger partial charge >= 0.3 is 0 Å². The predicted molar refractivity (Wildman–Crippen MR) is 130 cm³/mol. The van der Waals surface area contributed by atoms with E-state index in [1.807, 2.05) is 31.2 Å². The van der Waals surface area contributed by atoms with E-state index in [0.29, 0.717) is 6.42 Å². The number of nitrogens with zero attached hydrogens (tertiary/aromatic N) is 2. The van der Waals surface area contributed by atoms with E-state index < -0.39 is 0 Å². The molecule has 0 aliphatic rings. The Hall–Kier alpha value is -4.34. The van der Waals surface area contributed by atoms with Crippen LogP contribution in [0.1, 0.15) is 24.5 Å². The summed E-state index contributed by atoms with van der Waals surface area (Å²) in [4.78, 5) is 0. The molecule has 31 heavy (non-hydrogen) atoms. The first-order valence-electron chi connectivity index (χ1n) is 10.1. The second-order valence-electron chi connectivity index (χ2n) is 7.24. The SMILES string of the molecule is C/C=C(\C=C/C#N)c1ccc2ccc3c(C(/C=C\N)=C/CC#N)ccc4ccc1c2c43. The van der Waals surface area contributed by atoms with E-state index in [2.05, 4.69) is 60.7 Å². The molecule has 0 aliphatic carbocycles. The summed E-state index contributed by atoms with van der Waals surface area (Å²) in [5, 5.41) is 25.1. The van der Waals surface area contributed by atoms with Crippen LogP contribution in [0.25, 0.3) is 43.5 Å². The van der Waals surface area contributed by atoms with Crippen molar-refractivity contribution >= 4 is 43.5 Å². The Morgan fingerprint density at radius 2 is 1.42 bits per heavy atom. The van der Waals surface area contributed by atoms with Gasteiger partial charge in [-0.05, 0) is 79.9 Å². The topological polar surface area (TPSA) is 73.6 Å². The van der Waals surface area contributed by atoms with Crippen LogP contribution in [0, 0.1) is 22.7 Å². The summed E-state index contributed by atoms with van der Waals surface area (Å²) in [6.45, 7) is 1.98. The van der Waals surface area contributed by atoms with Gasteiger partial charge in [0.05, 0.1) is 18.6 Å². The Balaban J connectivity index is 2.09. The van der Waals surface area contributed by atoms with Gasteiger partial charge in [0.1, 0.15) is 0 Å². The molecule has 4 rings (SSSR count). The van der Waals surface area contributed by atoms with Gasteiger partial charge in [0.25, 0.3) is 0 Å². The average Bonchev–Trinajstić information content (AvgIpc) is 2.81. The van der Waals surface area contributed by atoms with Gasteiger partial charge in [-0.1, -0.05) is 60.7 Å². The van der Waals surface area contributed by atoms with Crippen molar-refractivity contribution in [1.29, 1.82) is 10.5 Å². The maximum atomic E-state index is 9.05. The Kier molecular flexibility index (Phi) is 5.52. The van der Waals surface area contributed by atoms with Gasteiger partial charge in [0, 0.05) is 6.08 Å². The highest BCUT2D eigenvalue weighted by Gasteiger charge is 2.15. The first-order valence-corrected chi connectivity index (χ1v) is 10.1. The first-order chi connectivity index (χ1) is 15.2. The van der Waals surface area contributed by atoms with Gasteiger partial charge in [-0.15, -0.1) is 0 Å². The van der Waals surface area contributed by atoms with Crippen LogP contribution in [0.15, 0.2) is 85.1 Å². The third kappa shape index (κ3) is 3.44. The molecule has 3 nitrogen and oxygen atoms in total.